The minimum absolute atomic E-state index is 0.136. The average Bonchev–Trinajstić information content (AvgIpc) is 3.93. The minimum atomic E-state index is -0.645. The average molecular weight is 777 g/mol. The van der Waals surface area contributed by atoms with Crippen LogP contribution in [0.15, 0.2) is 133 Å². The van der Waals surface area contributed by atoms with Crippen molar-refractivity contribution in [1.29, 1.82) is 0 Å². The largest absolute Gasteiger partial charge is 0.342 e. The van der Waals surface area contributed by atoms with Gasteiger partial charge in [0.1, 0.15) is 12.1 Å². The SMILES string of the molecule is CN(C(=O)[C@H](Cc1ccccc1)Nc1ncc(-c2cnc(N[C@@H](Cc3ccccc3)C(=O)N(C)c3ccc4scnc4c3)nc2)cn1)c1ccc2scnc2c1. The van der Waals surface area contributed by atoms with E-state index in [9.17, 15) is 9.59 Å². The number of nitrogens with one attached hydrogen (secondary N) is 2. The molecule has 8 rings (SSSR count). The molecule has 4 aromatic carbocycles. The summed E-state index contributed by atoms with van der Waals surface area (Å²) in [4.78, 5) is 58.3. The molecule has 0 saturated carbocycles. The van der Waals surface area contributed by atoms with E-state index in [1.807, 2.05) is 97.1 Å². The first-order chi connectivity index (χ1) is 27.4. The van der Waals surface area contributed by atoms with Gasteiger partial charge in [-0.3, -0.25) is 9.59 Å². The fourth-order valence-corrected chi connectivity index (χ4v) is 7.66. The highest BCUT2D eigenvalue weighted by molar-refractivity contribution is 7.17. The topological polar surface area (TPSA) is 142 Å². The molecule has 4 heterocycles. The summed E-state index contributed by atoms with van der Waals surface area (Å²) in [7, 11) is 3.53. The molecule has 0 spiro atoms. The Balaban J connectivity index is 0.972. The summed E-state index contributed by atoms with van der Waals surface area (Å²) >= 11 is 3.12. The second-order valence-corrected chi connectivity index (χ2v) is 14.9. The monoisotopic (exact) mass is 776 g/mol. The Hall–Kier alpha value is -6.64. The quantitative estimate of drug-likeness (QED) is 0.121. The predicted molar refractivity (Wildman–Crippen MR) is 224 cm³/mol. The third kappa shape index (κ3) is 8.21. The Kier molecular flexibility index (Phi) is 10.6. The van der Waals surface area contributed by atoms with E-state index in [-0.39, 0.29) is 11.8 Å². The van der Waals surface area contributed by atoms with Crippen molar-refractivity contribution in [3.63, 3.8) is 0 Å². The number of carbonyl (C=O) groups excluding carboxylic acids is 2. The van der Waals surface area contributed by atoms with Crippen molar-refractivity contribution in [1.82, 2.24) is 29.9 Å². The Morgan fingerprint density at radius 2 is 0.946 bits per heavy atom. The molecule has 4 aromatic heterocycles. The van der Waals surface area contributed by atoms with Crippen molar-refractivity contribution in [2.24, 2.45) is 0 Å². The number of aromatic nitrogens is 6. The summed E-state index contributed by atoms with van der Waals surface area (Å²) in [6.45, 7) is 0. The first kappa shape index (κ1) is 36.3. The maximum Gasteiger partial charge on any atom is 0.249 e. The van der Waals surface area contributed by atoms with E-state index in [0.717, 1.165) is 42.9 Å². The number of amides is 2. The lowest BCUT2D eigenvalue weighted by Crippen LogP contribution is -2.42. The molecule has 278 valence electrons. The number of fused-ring (bicyclic) bond motifs is 2. The summed E-state index contributed by atoms with van der Waals surface area (Å²) in [5.41, 5.74) is 10.2. The van der Waals surface area contributed by atoms with Gasteiger partial charge in [0, 0.05) is 74.2 Å². The van der Waals surface area contributed by atoms with Crippen LogP contribution in [0.2, 0.25) is 0 Å². The van der Waals surface area contributed by atoms with Crippen LogP contribution in [0.3, 0.4) is 0 Å². The van der Waals surface area contributed by atoms with Crippen LogP contribution in [0, 0.1) is 0 Å². The van der Waals surface area contributed by atoms with Crippen LogP contribution in [0.25, 0.3) is 31.6 Å². The highest BCUT2D eigenvalue weighted by atomic mass is 32.1. The Bertz CT molecular complexity index is 2400. The number of nitrogens with zero attached hydrogens (tertiary/aromatic N) is 8. The second kappa shape index (κ2) is 16.4. The fraction of sp³-hybridized carbons (Fsp3) is 0.143. The normalized spacial score (nSPS) is 12.2. The van der Waals surface area contributed by atoms with Crippen molar-refractivity contribution >= 4 is 78.2 Å². The van der Waals surface area contributed by atoms with Gasteiger partial charge in [-0.05, 0) is 47.5 Å². The van der Waals surface area contributed by atoms with E-state index in [1.54, 1.807) is 82.4 Å². The van der Waals surface area contributed by atoms with Gasteiger partial charge in [-0.2, -0.15) is 0 Å². The van der Waals surface area contributed by atoms with Crippen molar-refractivity contribution < 1.29 is 9.59 Å². The molecule has 0 aliphatic carbocycles. The number of benzene rings is 4. The summed E-state index contributed by atoms with van der Waals surface area (Å²) in [6.07, 6.45) is 7.53. The van der Waals surface area contributed by atoms with Crippen molar-refractivity contribution in [2.75, 3.05) is 34.5 Å². The van der Waals surface area contributed by atoms with E-state index >= 15 is 0 Å². The molecule has 0 aliphatic heterocycles. The highest BCUT2D eigenvalue weighted by Crippen LogP contribution is 2.27. The van der Waals surface area contributed by atoms with Gasteiger partial charge in [-0.15, -0.1) is 22.7 Å². The molecule has 12 nitrogen and oxygen atoms in total. The molecule has 0 fully saturated rings. The summed E-state index contributed by atoms with van der Waals surface area (Å²) in [6, 6.07) is 30.0. The molecule has 2 atom stereocenters. The van der Waals surface area contributed by atoms with Crippen LogP contribution in [0.4, 0.5) is 23.3 Å². The molecule has 14 heteroatoms. The van der Waals surface area contributed by atoms with E-state index in [0.29, 0.717) is 35.9 Å². The van der Waals surface area contributed by atoms with Crippen LogP contribution in [0.1, 0.15) is 11.1 Å². The number of anilines is 4. The van der Waals surface area contributed by atoms with Gasteiger partial charge in [0.15, 0.2) is 0 Å². The Morgan fingerprint density at radius 3 is 1.34 bits per heavy atom. The van der Waals surface area contributed by atoms with E-state index in [4.69, 9.17) is 0 Å². The summed E-state index contributed by atoms with van der Waals surface area (Å²) < 4.78 is 2.12. The number of rotatable bonds is 13. The second-order valence-electron chi connectivity index (χ2n) is 13.2. The molecule has 0 saturated heterocycles. The smallest absolute Gasteiger partial charge is 0.249 e. The highest BCUT2D eigenvalue weighted by Gasteiger charge is 2.26. The van der Waals surface area contributed by atoms with Crippen molar-refractivity contribution in [3.8, 4) is 11.1 Å². The van der Waals surface area contributed by atoms with Crippen molar-refractivity contribution in [3.05, 3.63) is 144 Å². The summed E-state index contributed by atoms with van der Waals surface area (Å²) in [5, 5.41) is 6.54. The first-order valence-electron chi connectivity index (χ1n) is 17.8. The number of hydrogen-bond donors (Lipinski definition) is 2. The Labute approximate surface area is 331 Å². The molecule has 0 unspecified atom stereocenters. The zero-order chi connectivity index (χ0) is 38.4. The van der Waals surface area contributed by atoms with Gasteiger partial charge in [-0.1, -0.05) is 60.7 Å². The lowest BCUT2D eigenvalue weighted by atomic mass is 10.0. The van der Waals surface area contributed by atoms with E-state index < -0.39 is 12.1 Å². The van der Waals surface area contributed by atoms with Crippen LogP contribution in [-0.4, -0.2) is 67.9 Å². The standard InChI is InChI=1S/C42H36N10O2S2/c1-51(31-13-15-37-33(19-31)47-25-55-37)39(53)35(17-27-9-5-3-6-10-27)49-41-43-21-29(22-44-41)30-23-45-42(46-24-30)50-36(18-28-11-7-4-8-12-28)40(54)52(2)32-14-16-38-34(20-32)48-26-56-38/h3-16,19-26,35-36H,17-18H2,1-2H3,(H,43,44,49)(H,45,46,50)/t35-,36-/m0/s1. The number of likely N-dealkylation sites (N-methyl/N-ethyl adjacent to an activating group) is 2. The van der Waals surface area contributed by atoms with Gasteiger partial charge >= 0.3 is 0 Å². The number of thiazole rings is 2. The van der Waals surface area contributed by atoms with Crippen LogP contribution in [-0.2, 0) is 22.4 Å². The molecule has 0 bridgehead atoms. The third-order valence-corrected chi connectivity index (χ3v) is 11.1. The molecule has 2 amide bonds. The number of carbonyl (C=O) groups is 2. The predicted octanol–water partition coefficient (Wildman–Crippen LogP) is 7.53. The zero-order valence-electron chi connectivity index (χ0n) is 30.5. The fourth-order valence-electron chi connectivity index (χ4n) is 6.35. The van der Waals surface area contributed by atoms with E-state index in [2.05, 4.69) is 40.5 Å². The molecule has 8 aromatic rings. The van der Waals surface area contributed by atoms with Crippen LogP contribution in [0.5, 0.6) is 0 Å². The molecule has 0 aliphatic rings. The van der Waals surface area contributed by atoms with Crippen molar-refractivity contribution in [2.45, 2.75) is 24.9 Å². The third-order valence-electron chi connectivity index (χ3n) is 9.47. The van der Waals surface area contributed by atoms with Gasteiger partial charge in [0.05, 0.1) is 31.5 Å². The van der Waals surface area contributed by atoms with Gasteiger partial charge in [0.2, 0.25) is 23.7 Å². The lowest BCUT2D eigenvalue weighted by Gasteiger charge is -2.25. The van der Waals surface area contributed by atoms with Gasteiger partial charge in [-0.25, -0.2) is 29.9 Å². The van der Waals surface area contributed by atoms with E-state index in [1.165, 1.54) is 0 Å². The first-order valence-corrected chi connectivity index (χ1v) is 19.6. The Morgan fingerprint density at radius 1 is 0.554 bits per heavy atom. The zero-order valence-corrected chi connectivity index (χ0v) is 32.1. The number of hydrogen-bond acceptors (Lipinski definition) is 12. The van der Waals surface area contributed by atoms with Crippen LogP contribution < -0.4 is 20.4 Å². The molecule has 0 radical (unpaired) electrons. The molecular weight excluding hydrogens is 741 g/mol. The molecule has 56 heavy (non-hydrogen) atoms. The van der Waals surface area contributed by atoms with Crippen LogP contribution >= 0.6 is 22.7 Å². The van der Waals surface area contributed by atoms with Gasteiger partial charge < -0.3 is 20.4 Å². The molecular formula is C42H36N10O2S2. The minimum Gasteiger partial charge on any atom is -0.342 e. The van der Waals surface area contributed by atoms with Gasteiger partial charge in [0.25, 0.3) is 0 Å². The maximum absolute atomic E-state index is 14.0. The summed E-state index contributed by atoms with van der Waals surface area (Å²) in [5.74, 6) is 0.351. The lowest BCUT2D eigenvalue weighted by molar-refractivity contribution is -0.119. The maximum atomic E-state index is 14.0. The molecule has 2 N–H and O–H groups in total.